The number of carbonyl (C=O) groups excluding carboxylic acids is 1. The number of nitrogens with one attached hydrogen (secondary N) is 1. The molecule has 0 radical (unpaired) electrons. The van der Waals surface area contributed by atoms with Crippen LogP contribution in [0, 0.1) is 30.1 Å². The summed E-state index contributed by atoms with van der Waals surface area (Å²) in [6, 6.07) is 14.0. The molecular weight excluding hydrogens is 651 g/mol. The number of rotatable bonds is 8. The number of hydrogen-bond acceptors (Lipinski definition) is 9. The zero-order chi connectivity index (χ0) is 34.8. The molecule has 1 saturated heterocycles. The summed E-state index contributed by atoms with van der Waals surface area (Å²) in [5, 5.41) is 13.9. The van der Waals surface area contributed by atoms with E-state index >= 15 is 0 Å². The Morgan fingerprint density at radius 2 is 1.85 bits per heavy atom. The van der Waals surface area contributed by atoms with Crippen LogP contribution in [0.1, 0.15) is 30.7 Å². The molecule has 0 spiro atoms. The lowest BCUT2D eigenvalue weighted by molar-refractivity contribution is -0.315. The number of anilines is 2. The minimum Gasteiger partial charge on any atom is -0.493 e. The number of hydrogen-bond donors (Lipinski definition) is 1. The fourth-order valence-corrected chi connectivity index (χ4v) is 6.40. The number of piperidine rings is 1. The van der Waals surface area contributed by atoms with Crippen molar-refractivity contribution in [1.82, 2.24) is 14.9 Å². The van der Waals surface area contributed by atoms with E-state index < -0.39 is 29.7 Å². The molecule has 1 amide bonds. The smallest absolute Gasteiger partial charge is 0.418 e. The zero-order valence-electron chi connectivity index (χ0n) is 26.8. The first-order valence-electron chi connectivity index (χ1n) is 14.9. The Balaban J connectivity index is 1.39. The summed E-state index contributed by atoms with van der Waals surface area (Å²) in [5.41, 5.74) is 0.808. The molecule has 10 nitrogen and oxygen atoms in total. The van der Waals surface area contributed by atoms with Crippen molar-refractivity contribution in [2.75, 3.05) is 32.6 Å². The van der Waals surface area contributed by atoms with Gasteiger partial charge in [0, 0.05) is 61.9 Å². The molecule has 1 aliphatic rings. The van der Waals surface area contributed by atoms with Crippen molar-refractivity contribution in [1.29, 1.82) is 5.26 Å². The first-order valence-corrected chi connectivity index (χ1v) is 15.3. The van der Waals surface area contributed by atoms with Crippen LogP contribution in [-0.4, -0.2) is 60.0 Å². The van der Waals surface area contributed by atoms with Gasteiger partial charge in [0.25, 0.3) is 0 Å². The van der Waals surface area contributed by atoms with Gasteiger partial charge in [0.2, 0.25) is 0 Å². The molecule has 48 heavy (non-hydrogen) atoms. The molecule has 1 aliphatic heterocycles. The van der Waals surface area contributed by atoms with E-state index in [0.29, 0.717) is 33.0 Å². The van der Waals surface area contributed by atoms with Crippen molar-refractivity contribution in [2.45, 2.75) is 39.2 Å². The molecule has 14 heteroatoms. The Morgan fingerprint density at radius 1 is 1.12 bits per heavy atom. The Morgan fingerprint density at radius 3 is 2.46 bits per heavy atom. The largest absolute Gasteiger partial charge is 0.493 e. The van der Waals surface area contributed by atoms with E-state index in [1.807, 2.05) is 19.1 Å². The number of methoxy groups -OCH3 is 2. The van der Waals surface area contributed by atoms with Gasteiger partial charge >= 0.3 is 12.3 Å². The summed E-state index contributed by atoms with van der Waals surface area (Å²) in [6.45, 7) is 4.51. The molecule has 1 fully saturated rings. The Kier molecular flexibility index (Phi) is 9.89. The Bertz CT molecular complexity index is 1870. The van der Waals surface area contributed by atoms with Gasteiger partial charge in [-0.25, -0.2) is 4.79 Å². The van der Waals surface area contributed by atoms with E-state index in [-0.39, 0.29) is 36.8 Å². The number of nitrogens with zero attached hydrogens (tertiary/aromatic N) is 4. The number of amides is 1. The number of fused-ring (bicyclic) bond motifs is 1. The third-order valence-corrected chi connectivity index (χ3v) is 8.97. The highest BCUT2D eigenvalue weighted by atomic mass is 35.5. The second-order valence-electron chi connectivity index (χ2n) is 11.6. The van der Waals surface area contributed by atoms with Gasteiger partial charge in [-0.2, -0.15) is 18.4 Å². The number of alkyl halides is 3. The van der Waals surface area contributed by atoms with Gasteiger partial charge in [-0.3, -0.25) is 9.97 Å². The van der Waals surface area contributed by atoms with Crippen molar-refractivity contribution in [3.8, 4) is 23.3 Å². The van der Waals surface area contributed by atoms with Crippen molar-refractivity contribution >= 4 is 40.0 Å². The molecule has 4 aromatic rings. The van der Waals surface area contributed by atoms with Crippen LogP contribution >= 0.6 is 11.6 Å². The van der Waals surface area contributed by atoms with Crippen LogP contribution in [0.5, 0.6) is 17.2 Å². The first-order chi connectivity index (χ1) is 22.8. The monoisotopic (exact) mass is 683 g/mol. The number of likely N-dealkylation sites (tertiary alicyclic amines) is 1. The van der Waals surface area contributed by atoms with E-state index in [1.165, 1.54) is 38.1 Å². The highest BCUT2D eigenvalue weighted by molar-refractivity contribution is 6.33. The number of halogens is 4. The van der Waals surface area contributed by atoms with E-state index in [1.54, 1.807) is 30.5 Å². The summed E-state index contributed by atoms with van der Waals surface area (Å²) in [5.74, 6) is -1.47. The fraction of sp³-hybridized carbons (Fsp3) is 0.353. The molecule has 2 atom stereocenters. The average Bonchev–Trinajstić information content (AvgIpc) is 3.04. The van der Waals surface area contributed by atoms with Gasteiger partial charge in [0.15, 0.2) is 17.1 Å². The van der Waals surface area contributed by atoms with Crippen molar-refractivity contribution in [3.63, 3.8) is 0 Å². The van der Waals surface area contributed by atoms with E-state index in [2.05, 4.69) is 21.4 Å². The third kappa shape index (κ3) is 6.50. The number of benzene rings is 2. The molecule has 5 rings (SSSR count). The van der Waals surface area contributed by atoms with Gasteiger partial charge in [0.1, 0.15) is 18.4 Å². The number of nitriles is 1. The van der Waals surface area contributed by atoms with Crippen LogP contribution in [0.4, 0.5) is 29.3 Å². The normalized spacial score (nSPS) is 19.5. The molecule has 2 unspecified atom stereocenters. The van der Waals surface area contributed by atoms with Crippen LogP contribution in [0.25, 0.3) is 10.9 Å². The minimum atomic E-state index is -4.63. The topological polar surface area (TPSA) is 119 Å². The fourth-order valence-electron chi connectivity index (χ4n) is 6.18. The van der Waals surface area contributed by atoms with Crippen LogP contribution in [-0.2, 0) is 11.3 Å². The average molecular weight is 684 g/mol. The van der Waals surface area contributed by atoms with Crippen LogP contribution in [0.15, 0.2) is 54.9 Å². The van der Waals surface area contributed by atoms with Gasteiger partial charge in [-0.15, -0.1) is 0 Å². The molecule has 0 bridgehead atoms. The SMILES string of the molecule is COc1cc2c(Nc3ccc(OCc4ncccc4C)cc3Cl)c(C#N)cnc2cc1OC(=O)N1CC(C)C(OC)(C(F)(F)F)C(C)C1. The molecular formula is C34H33ClF3N5O5. The maximum atomic E-state index is 14.1. The summed E-state index contributed by atoms with van der Waals surface area (Å²) < 4.78 is 64.3. The predicted molar refractivity (Wildman–Crippen MR) is 173 cm³/mol. The molecule has 2 aromatic heterocycles. The maximum absolute atomic E-state index is 14.1. The molecule has 2 aromatic carbocycles. The van der Waals surface area contributed by atoms with Crippen LogP contribution in [0.3, 0.4) is 0 Å². The summed E-state index contributed by atoms with van der Waals surface area (Å²) in [4.78, 5) is 23.2. The quantitative estimate of drug-likeness (QED) is 0.198. The van der Waals surface area contributed by atoms with Crippen LogP contribution in [0.2, 0.25) is 5.02 Å². The van der Waals surface area contributed by atoms with E-state index in [0.717, 1.165) is 18.4 Å². The third-order valence-electron chi connectivity index (χ3n) is 8.66. The second-order valence-corrected chi connectivity index (χ2v) is 12.0. The molecule has 1 N–H and O–H groups in total. The maximum Gasteiger partial charge on any atom is 0.418 e. The lowest BCUT2D eigenvalue weighted by Crippen LogP contribution is -2.65. The first kappa shape index (κ1) is 34.5. The van der Waals surface area contributed by atoms with Gasteiger partial charge in [-0.05, 0) is 36.8 Å². The Labute approximate surface area is 280 Å². The summed E-state index contributed by atoms with van der Waals surface area (Å²) in [7, 11) is 2.40. The number of ether oxygens (including phenoxy) is 4. The number of aryl methyl sites for hydroxylation is 1. The number of aromatic nitrogens is 2. The minimum absolute atomic E-state index is 0.000500. The highest BCUT2D eigenvalue weighted by Crippen LogP contribution is 2.48. The number of carbonyl (C=O) groups is 1. The highest BCUT2D eigenvalue weighted by Gasteiger charge is 2.64. The van der Waals surface area contributed by atoms with Gasteiger partial charge < -0.3 is 29.2 Å². The molecule has 0 saturated carbocycles. The predicted octanol–water partition coefficient (Wildman–Crippen LogP) is 7.83. The van der Waals surface area contributed by atoms with Crippen molar-refractivity contribution in [2.24, 2.45) is 11.8 Å². The molecule has 252 valence electrons. The summed E-state index contributed by atoms with van der Waals surface area (Å²) >= 11 is 6.61. The number of pyridine rings is 2. The summed E-state index contributed by atoms with van der Waals surface area (Å²) in [6.07, 6.45) is -2.42. The lowest BCUT2D eigenvalue weighted by atomic mass is 9.74. The van der Waals surface area contributed by atoms with Crippen molar-refractivity contribution in [3.05, 3.63) is 76.7 Å². The van der Waals surface area contributed by atoms with Gasteiger partial charge in [0.05, 0.1) is 40.3 Å². The van der Waals surface area contributed by atoms with Crippen molar-refractivity contribution < 1.29 is 36.9 Å². The molecule has 0 aliphatic carbocycles. The van der Waals surface area contributed by atoms with E-state index in [4.69, 9.17) is 30.5 Å². The lowest BCUT2D eigenvalue weighted by Gasteiger charge is -2.49. The van der Waals surface area contributed by atoms with Gasteiger partial charge in [-0.1, -0.05) is 31.5 Å². The second kappa shape index (κ2) is 13.7. The van der Waals surface area contributed by atoms with E-state index in [9.17, 15) is 23.2 Å². The molecule has 3 heterocycles. The van der Waals surface area contributed by atoms with Crippen LogP contribution < -0.4 is 19.5 Å². The zero-order valence-corrected chi connectivity index (χ0v) is 27.6. The standard InChI is InChI=1S/C34H33ClF3N5O5/c1-19-7-6-10-40-28(19)18-47-23-8-9-26(25(35)11-23)42-31-22(14-39)15-41-27-13-30(29(45-4)12-24(27)31)48-32(44)43-16-20(2)33(46-5,21(3)17-43)34(36,37)38/h6-13,15,20-21H,16-18H2,1-5H3,(H,41,42). The Hall–Kier alpha value is -4.80.